The fourth-order valence-electron chi connectivity index (χ4n) is 3.54. The predicted octanol–water partition coefficient (Wildman–Crippen LogP) is 7.54. The first-order valence-electron chi connectivity index (χ1n) is 10.1. The number of rotatable bonds is 12. The van der Waals surface area contributed by atoms with Gasteiger partial charge in [0.05, 0.1) is 5.54 Å². The topological polar surface area (TPSA) is 12.0 Å². The van der Waals surface area contributed by atoms with Gasteiger partial charge in [-0.3, -0.25) is 0 Å². The number of hydrogen-bond donors (Lipinski definition) is 1. The number of hydrogen-bond acceptors (Lipinski definition) is 1. The van der Waals surface area contributed by atoms with Crippen molar-refractivity contribution in [1.29, 1.82) is 0 Å². The zero-order valence-electron chi connectivity index (χ0n) is 16.1. The molecule has 0 bridgehead atoms. The molecule has 0 saturated heterocycles. The van der Waals surface area contributed by atoms with Gasteiger partial charge in [0.15, 0.2) is 0 Å². The number of benzene rings is 2. The maximum absolute atomic E-state index is 3.79. The molecule has 0 spiro atoms. The van der Waals surface area contributed by atoms with E-state index in [9.17, 15) is 0 Å². The molecule has 25 heavy (non-hydrogen) atoms. The molecule has 0 aliphatic rings. The highest BCUT2D eigenvalue weighted by molar-refractivity contribution is 5.47. The van der Waals surface area contributed by atoms with Crippen LogP contribution in [0, 0.1) is 0 Å². The van der Waals surface area contributed by atoms with Gasteiger partial charge in [-0.05, 0) is 31.0 Å². The summed E-state index contributed by atoms with van der Waals surface area (Å²) in [4.78, 5) is 0. The van der Waals surface area contributed by atoms with Gasteiger partial charge in [0.1, 0.15) is 0 Å². The lowest BCUT2D eigenvalue weighted by molar-refractivity contribution is 0.453. The Morgan fingerprint density at radius 3 is 1.80 bits per heavy atom. The summed E-state index contributed by atoms with van der Waals surface area (Å²) >= 11 is 0. The third kappa shape index (κ3) is 6.94. The van der Waals surface area contributed by atoms with Crippen molar-refractivity contribution in [3.63, 3.8) is 0 Å². The second-order valence-electron chi connectivity index (χ2n) is 7.41. The van der Waals surface area contributed by atoms with Gasteiger partial charge in [-0.15, -0.1) is 0 Å². The fourth-order valence-corrected chi connectivity index (χ4v) is 3.54. The summed E-state index contributed by atoms with van der Waals surface area (Å²) in [5.74, 6) is 0. The Morgan fingerprint density at radius 2 is 1.20 bits per heavy atom. The third-order valence-electron chi connectivity index (χ3n) is 5.14. The zero-order chi connectivity index (χ0) is 17.8. The molecule has 2 aromatic carbocycles. The van der Waals surface area contributed by atoms with Crippen molar-refractivity contribution >= 4 is 5.69 Å². The lowest BCUT2D eigenvalue weighted by Crippen LogP contribution is -2.31. The van der Waals surface area contributed by atoms with E-state index in [1.807, 2.05) is 0 Å². The van der Waals surface area contributed by atoms with Crippen LogP contribution in [-0.4, -0.2) is 0 Å². The molecule has 0 unspecified atom stereocenters. The maximum Gasteiger partial charge on any atom is 0.0597 e. The number of nitrogens with one attached hydrogen (secondary N) is 1. The zero-order valence-corrected chi connectivity index (χ0v) is 16.1. The van der Waals surface area contributed by atoms with E-state index in [1.165, 1.54) is 69.0 Å². The Hall–Kier alpha value is -1.76. The molecule has 1 heteroatoms. The van der Waals surface area contributed by atoms with Crippen molar-refractivity contribution < 1.29 is 0 Å². The van der Waals surface area contributed by atoms with Crippen molar-refractivity contribution in [2.75, 3.05) is 5.32 Å². The molecule has 1 nitrogen and oxygen atoms in total. The molecule has 2 rings (SSSR count). The number of anilines is 1. The fraction of sp³-hybridized carbons (Fsp3) is 0.500. The Morgan fingerprint density at radius 1 is 0.680 bits per heavy atom. The van der Waals surface area contributed by atoms with Crippen molar-refractivity contribution in [3.05, 3.63) is 66.2 Å². The van der Waals surface area contributed by atoms with E-state index in [0.717, 1.165) is 0 Å². The third-order valence-corrected chi connectivity index (χ3v) is 5.14. The smallest absolute Gasteiger partial charge is 0.0597 e. The summed E-state index contributed by atoms with van der Waals surface area (Å²) < 4.78 is 0. The summed E-state index contributed by atoms with van der Waals surface area (Å²) in [6.45, 7) is 4.63. The van der Waals surface area contributed by atoms with E-state index < -0.39 is 0 Å². The van der Waals surface area contributed by atoms with Crippen LogP contribution < -0.4 is 5.32 Å². The molecule has 0 fully saturated rings. The molecule has 0 aromatic heterocycles. The summed E-state index contributed by atoms with van der Waals surface area (Å²) in [5, 5.41) is 3.79. The van der Waals surface area contributed by atoms with Crippen LogP contribution in [0.3, 0.4) is 0 Å². The Balaban J connectivity index is 1.87. The quantitative estimate of drug-likeness (QED) is 0.394. The highest BCUT2D eigenvalue weighted by Gasteiger charge is 2.25. The lowest BCUT2D eigenvalue weighted by Gasteiger charge is -2.33. The summed E-state index contributed by atoms with van der Waals surface area (Å²) in [7, 11) is 0. The molecule has 1 atom stereocenters. The van der Waals surface area contributed by atoms with E-state index >= 15 is 0 Å². The first kappa shape index (κ1) is 19.6. The van der Waals surface area contributed by atoms with Gasteiger partial charge >= 0.3 is 0 Å². The Bertz CT molecular complexity index is 563. The molecule has 0 aliphatic heterocycles. The van der Waals surface area contributed by atoms with E-state index in [2.05, 4.69) is 79.8 Å². The van der Waals surface area contributed by atoms with Gasteiger partial charge in [-0.25, -0.2) is 0 Å². The minimum atomic E-state index is -0.00910. The molecule has 2 aromatic rings. The maximum atomic E-state index is 3.79. The molecule has 136 valence electrons. The highest BCUT2D eigenvalue weighted by atomic mass is 15.0. The Labute approximate surface area is 154 Å². The number of unbranched alkanes of at least 4 members (excludes halogenated alkanes) is 7. The van der Waals surface area contributed by atoms with Crippen molar-refractivity contribution in [2.24, 2.45) is 0 Å². The van der Waals surface area contributed by atoms with Crippen LogP contribution in [0.2, 0.25) is 0 Å². The van der Waals surface area contributed by atoms with Gasteiger partial charge in [0.25, 0.3) is 0 Å². The molecule has 0 aliphatic carbocycles. The Kier molecular flexibility index (Phi) is 8.59. The molecule has 1 N–H and O–H groups in total. The van der Waals surface area contributed by atoms with Crippen LogP contribution in [0.15, 0.2) is 60.7 Å². The highest BCUT2D eigenvalue weighted by Crippen LogP contribution is 2.31. The molecular weight excluding hydrogens is 302 g/mol. The van der Waals surface area contributed by atoms with Crippen molar-refractivity contribution in [3.8, 4) is 0 Å². The predicted molar refractivity (Wildman–Crippen MR) is 111 cm³/mol. The van der Waals surface area contributed by atoms with Crippen LogP contribution in [0.4, 0.5) is 5.69 Å². The van der Waals surface area contributed by atoms with Crippen LogP contribution in [-0.2, 0) is 5.54 Å². The first-order chi connectivity index (χ1) is 12.2. The normalized spacial score (nSPS) is 13.4. The largest absolute Gasteiger partial charge is 0.376 e. The van der Waals surface area contributed by atoms with E-state index in [0.29, 0.717) is 0 Å². The van der Waals surface area contributed by atoms with Gasteiger partial charge in [0, 0.05) is 5.69 Å². The average Bonchev–Trinajstić information content (AvgIpc) is 2.65. The van der Waals surface area contributed by atoms with Crippen LogP contribution >= 0.6 is 0 Å². The molecule has 0 radical (unpaired) electrons. The standard InChI is InChI=1S/C24H35N/c1-3-4-5-6-7-8-9-16-21-24(2,22-17-12-10-13-18-22)25-23-19-14-11-15-20-23/h10-15,17-20,25H,3-9,16,21H2,1-2H3/t24-/m1/s1. The first-order valence-corrected chi connectivity index (χ1v) is 10.1. The number of para-hydroxylation sites is 1. The van der Waals surface area contributed by atoms with E-state index in [-0.39, 0.29) is 5.54 Å². The SMILES string of the molecule is CCCCCCCCCC[C@@](C)(Nc1ccccc1)c1ccccc1. The van der Waals surface area contributed by atoms with Gasteiger partial charge < -0.3 is 5.32 Å². The van der Waals surface area contributed by atoms with Crippen LogP contribution in [0.1, 0.15) is 77.2 Å². The molecule has 0 amide bonds. The molecule has 0 saturated carbocycles. The summed E-state index contributed by atoms with van der Waals surface area (Å²) in [6.07, 6.45) is 12.1. The van der Waals surface area contributed by atoms with Crippen LogP contribution in [0.25, 0.3) is 0 Å². The lowest BCUT2D eigenvalue weighted by atomic mass is 9.86. The second kappa shape index (κ2) is 11.0. The van der Waals surface area contributed by atoms with Gasteiger partial charge in [-0.2, -0.15) is 0 Å². The molecule has 0 heterocycles. The van der Waals surface area contributed by atoms with E-state index in [1.54, 1.807) is 0 Å². The molecular formula is C24H35N. The van der Waals surface area contributed by atoms with Gasteiger partial charge in [0.2, 0.25) is 0 Å². The minimum absolute atomic E-state index is 0.00910. The minimum Gasteiger partial charge on any atom is -0.376 e. The van der Waals surface area contributed by atoms with Crippen molar-refractivity contribution in [1.82, 2.24) is 0 Å². The monoisotopic (exact) mass is 337 g/mol. The second-order valence-corrected chi connectivity index (χ2v) is 7.41. The van der Waals surface area contributed by atoms with Crippen molar-refractivity contribution in [2.45, 2.75) is 77.2 Å². The average molecular weight is 338 g/mol. The summed E-state index contributed by atoms with van der Waals surface area (Å²) in [6, 6.07) is 21.5. The summed E-state index contributed by atoms with van der Waals surface area (Å²) in [5.41, 5.74) is 2.57. The van der Waals surface area contributed by atoms with Gasteiger partial charge in [-0.1, -0.05) is 107 Å². The van der Waals surface area contributed by atoms with Crippen LogP contribution in [0.5, 0.6) is 0 Å². The van der Waals surface area contributed by atoms with E-state index in [4.69, 9.17) is 0 Å².